The van der Waals surface area contributed by atoms with Crippen molar-refractivity contribution in [2.75, 3.05) is 11.7 Å². The van der Waals surface area contributed by atoms with Crippen molar-refractivity contribution in [3.05, 3.63) is 77.9 Å². The van der Waals surface area contributed by atoms with Gasteiger partial charge in [-0.15, -0.1) is 0 Å². The number of carbonyl (C=O) groups is 1. The van der Waals surface area contributed by atoms with Gasteiger partial charge in [-0.05, 0) is 60.4 Å². The van der Waals surface area contributed by atoms with Crippen molar-refractivity contribution in [2.45, 2.75) is 26.2 Å². The van der Waals surface area contributed by atoms with Gasteiger partial charge in [0.2, 0.25) is 12.7 Å². The summed E-state index contributed by atoms with van der Waals surface area (Å²) in [7, 11) is 0. The van der Waals surface area contributed by atoms with Crippen molar-refractivity contribution in [3.8, 4) is 11.5 Å². The van der Waals surface area contributed by atoms with Crippen molar-refractivity contribution < 1.29 is 14.3 Å². The Morgan fingerprint density at radius 2 is 1.77 bits per heavy atom. The zero-order valence-electron chi connectivity index (χ0n) is 17.2. The van der Waals surface area contributed by atoms with E-state index in [1.54, 1.807) is 4.90 Å². The Bertz CT molecular complexity index is 1200. The number of aryl methyl sites for hydroxylation is 2. The smallest absolute Gasteiger partial charge is 0.233 e. The lowest BCUT2D eigenvalue weighted by molar-refractivity contribution is -0.117. The second-order valence-corrected chi connectivity index (χ2v) is 8.41. The van der Waals surface area contributed by atoms with Gasteiger partial charge >= 0.3 is 0 Å². The Balaban J connectivity index is 1.43. The number of ether oxygens (including phenoxy) is 2. The summed E-state index contributed by atoms with van der Waals surface area (Å²) in [5.41, 5.74) is 4.03. The average molecular weight is 431 g/mol. The number of rotatable bonds is 6. The van der Waals surface area contributed by atoms with E-state index in [-0.39, 0.29) is 12.7 Å². The van der Waals surface area contributed by atoms with Crippen LogP contribution in [-0.4, -0.2) is 17.7 Å². The molecule has 4 aromatic rings. The molecular formula is C25H22N2O3S. The quantitative estimate of drug-likeness (QED) is 0.383. The third-order valence-electron chi connectivity index (χ3n) is 5.39. The van der Waals surface area contributed by atoms with Crippen LogP contribution < -0.4 is 14.4 Å². The van der Waals surface area contributed by atoms with Crippen LogP contribution in [0.5, 0.6) is 11.5 Å². The van der Waals surface area contributed by atoms with E-state index in [4.69, 9.17) is 14.5 Å². The van der Waals surface area contributed by atoms with Crippen LogP contribution in [0.25, 0.3) is 10.2 Å². The summed E-state index contributed by atoms with van der Waals surface area (Å²) in [5.74, 6) is 1.51. The number of hydrogen-bond donors (Lipinski definition) is 0. The fourth-order valence-corrected chi connectivity index (χ4v) is 4.66. The number of hydrogen-bond acceptors (Lipinski definition) is 5. The van der Waals surface area contributed by atoms with E-state index in [0.29, 0.717) is 18.0 Å². The standard InChI is InChI=1S/C25H22N2O3S/c1-2-17-7-11-19(12-8-17)27(25-26-20-5-3-4-6-23(20)31-25)24(28)14-10-18-9-13-21-22(15-18)30-16-29-21/h3-9,11-13,15H,2,10,14,16H2,1H3. The lowest BCUT2D eigenvalue weighted by atomic mass is 10.1. The van der Waals surface area contributed by atoms with E-state index in [9.17, 15) is 4.79 Å². The largest absolute Gasteiger partial charge is 0.454 e. The summed E-state index contributed by atoms with van der Waals surface area (Å²) < 4.78 is 11.9. The van der Waals surface area contributed by atoms with Gasteiger partial charge < -0.3 is 9.47 Å². The van der Waals surface area contributed by atoms with E-state index < -0.39 is 0 Å². The minimum absolute atomic E-state index is 0.0148. The molecule has 0 fully saturated rings. The van der Waals surface area contributed by atoms with Crippen molar-refractivity contribution in [1.29, 1.82) is 0 Å². The number of carbonyl (C=O) groups excluding carboxylic acids is 1. The summed E-state index contributed by atoms with van der Waals surface area (Å²) in [5, 5.41) is 0.695. The van der Waals surface area contributed by atoms with Crippen LogP contribution in [0.1, 0.15) is 24.5 Å². The molecule has 0 saturated carbocycles. The second-order valence-electron chi connectivity index (χ2n) is 7.40. The minimum atomic E-state index is 0.0148. The first-order valence-electron chi connectivity index (χ1n) is 10.4. The Kier molecular flexibility index (Phi) is 5.30. The van der Waals surface area contributed by atoms with E-state index in [0.717, 1.165) is 39.4 Å². The molecule has 156 valence electrons. The molecule has 0 saturated heterocycles. The molecular weight excluding hydrogens is 408 g/mol. The van der Waals surface area contributed by atoms with E-state index in [1.807, 2.05) is 54.6 Å². The van der Waals surface area contributed by atoms with Crippen LogP contribution in [0.15, 0.2) is 66.7 Å². The number of amides is 1. The van der Waals surface area contributed by atoms with Gasteiger partial charge in [-0.25, -0.2) is 4.98 Å². The number of nitrogens with zero attached hydrogens (tertiary/aromatic N) is 2. The molecule has 0 bridgehead atoms. The highest BCUT2D eigenvalue weighted by Gasteiger charge is 2.22. The maximum atomic E-state index is 13.4. The van der Waals surface area contributed by atoms with Crippen LogP contribution in [-0.2, 0) is 17.6 Å². The molecule has 0 aliphatic carbocycles. The molecule has 5 nitrogen and oxygen atoms in total. The third kappa shape index (κ3) is 3.99. The zero-order chi connectivity index (χ0) is 21.2. The summed E-state index contributed by atoms with van der Waals surface area (Å²) in [6.07, 6.45) is 1.94. The lowest BCUT2D eigenvalue weighted by Gasteiger charge is -2.20. The van der Waals surface area contributed by atoms with Crippen molar-refractivity contribution in [1.82, 2.24) is 4.98 Å². The van der Waals surface area contributed by atoms with Gasteiger partial charge in [0.05, 0.1) is 15.9 Å². The molecule has 0 atom stereocenters. The summed E-state index contributed by atoms with van der Waals surface area (Å²) in [6, 6.07) is 22.0. The van der Waals surface area contributed by atoms with E-state index in [2.05, 4.69) is 19.1 Å². The summed E-state index contributed by atoms with van der Waals surface area (Å²) >= 11 is 1.53. The predicted octanol–water partition coefficient (Wildman–Crippen LogP) is 5.88. The summed E-state index contributed by atoms with van der Waals surface area (Å²) in [4.78, 5) is 19.9. The highest BCUT2D eigenvalue weighted by atomic mass is 32.1. The fourth-order valence-electron chi connectivity index (χ4n) is 3.66. The number of thiazole rings is 1. The highest BCUT2D eigenvalue weighted by molar-refractivity contribution is 7.22. The molecule has 3 aromatic carbocycles. The minimum Gasteiger partial charge on any atom is -0.454 e. The average Bonchev–Trinajstić information content (AvgIpc) is 3.44. The van der Waals surface area contributed by atoms with Gasteiger partial charge in [-0.1, -0.05) is 48.6 Å². The SMILES string of the molecule is CCc1ccc(N(C(=O)CCc2ccc3c(c2)OCO3)c2nc3ccccc3s2)cc1. The first-order chi connectivity index (χ1) is 15.2. The Morgan fingerprint density at radius 3 is 2.58 bits per heavy atom. The maximum Gasteiger partial charge on any atom is 0.233 e. The predicted molar refractivity (Wildman–Crippen MR) is 123 cm³/mol. The molecule has 31 heavy (non-hydrogen) atoms. The van der Waals surface area contributed by atoms with Crippen LogP contribution in [0.4, 0.5) is 10.8 Å². The van der Waals surface area contributed by atoms with Gasteiger partial charge in [0.15, 0.2) is 16.6 Å². The van der Waals surface area contributed by atoms with Crippen LogP contribution in [0.2, 0.25) is 0 Å². The topological polar surface area (TPSA) is 51.7 Å². The van der Waals surface area contributed by atoms with Crippen molar-refractivity contribution >= 4 is 38.3 Å². The molecule has 0 unspecified atom stereocenters. The molecule has 6 heteroatoms. The first-order valence-corrected chi connectivity index (χ1v) is 11.2. The Morgan fingerprint density at radius 1 is 1.00 bits per heavy atom. The number of fused-ring (bicyclic) bond motifs is 2. The first kappa shape index (κ1) is 19.6. The van der Waals surface area contributed by atoms with E-state index >= 15 is 0 Å². The molecule has 5 rings (SSSR count). The molecule has 0 spiro atoms. The summed E-state index contributed by atoms with van der Waals surface area (Å²) in [6.45, 7) is 2.37. The molecule has 1 aliphatic rings. The lowest BCUT2D eigenvalue weighted by Crippen LogP contribution is -2.26. The number of benzene rings is 3. The van der Waals surface area contributed by atoms with Crippen LogP contribution in [0, 0.1) is 0 Å². The van der Waals surface area contributed by atoms with Crippen molar-refractivity contribution in [2.24, 2.45) is 0 Å². The molecule has 2 heterocycles. The fraction of sp³-hybridized carbons (Fsp3) is 0.200. The maximum absolute atomic E-state index is 13.4. The van der Waals surface area contributed by atoms with Gasteiger partial charge in [-0.3, -0.25) is 9.69 Å². The van der Waals surface area contributed by atoms with Crippen LogP contribution >= 0.6 is 11.3 Å². The number of para-hydroxylation sites is 1. The van der Waals surface area contributed by atoms with Crippen LogP contribution in [0.3, 0.4) is 0 Å². The normalized spacial score (nSPS) is 12.3. The number of anilines is 2. The molecule has 1 aromatic heterocycles. The van der Waals surface area contributed by atoms with Crippen molar-refractivity contribution in [3.63, 3.8) is 0 Å². The van der Waals surface area contributed by atoms with Gasteiger partial charge in [0, 0.05) is 6.42 Å². The monoisotopic (exact) mass is 430 g/mol. The Labute approximate surface area is 184 Å². The Hall–Kier alpha value is -3.38. The molecule has 1 aliphatic heterocycles. The third-order valence-corrected chi connectivity index (χ3v) is 6.41. The molecule has 0 N–H and O–H groups in total. The van der Waals surface area contributed by atoms with Gasteiger partial charge in [-0.2, -0.15) is 0 Å². The molecule has 1 amide bonds. The zero-order valence-corrected chi connectivity index (χ0v) is 18.0. The second kappa shape index (κ2) is 8.40. The number of aromatic nitrogens is 1. The highest BCUT2D eigenvalue weighted by Crippen LogP contribution is 2.35. The van der Waals surface area contributed by atoms with E-state index in [1.165, 1.54) is 16.9 Å². The van der Waals surface area contributed by atoms with Gasteiger partial charge in [0.25, 0.3) is 0 Å². The van der Waals surface area contributed by atoms with Gasteiger partial charge in [0.1, 0.15) is 0 Å². The molecule has 0 radical (unpaired) electrons.